The molecule has 0 aliphatic heterocycles. The molecule has 0 aliphatic rings. The van der Waals surface area contributed by atoms with Gasteiger partial charge in [0, 0.05) is 5.56 Å². The number of rotatable bonds is 2. The van der Waals surface area contributed by atoms with Crippen LogP contribution in [0.15, 0.2) is 28.7 Å². The Morgan fingerprint density at radius 2 is 2.00 bits per heavy atom. The second-order valence-corrected chi connectivity index (χ2v) is 3.40. The van der Waals surface area contributed by atoms with Gasteiger partial charge in [-0.3, -0.25) is 0 Å². The fourth-order valence-electron chi connectivity index (χ4n) is 1.39. The molecule has 0 amide bonds. The van der Waals surface area contributed by atoms with E-state index in [9.17, 15) is 4.79 Å². The van der Waals surface area contributed by atoms with Gasteiger partial charge in [0.1, 0.15) is 5.69 Å². The first-order valence-corrected chi connectivity index (χ1v) is 4.64. The summed E-state index contributed by atoms with van der Waals surface area (Å²) in [7, 11) is 0. The van der Waals surface area contributed by atoms with Crippen LogP contribution in [-0.2, 0) is 0 Å². The second kappa shape index (κ2) is 3.69. The number of aromatic carboxylic acids is 1. The van der Waals surface area contributed by atoms with Gasteiger partial charge in [0.05, 0.1) is 0 Å². The molecule has 1 aromatic heterocycles. The van der Waals surface area contributed by atoms with Gasteiger partial charge in [-0.2, -0.15) is 4.98 Å². The van der Waals surface area contributed by atoms with Gasteiger partial charge >= 0.3 is 5.97 Å². The number of nitrogen functional groups attached to an aromatic ring is 1. The summed E-state index contributed by atoms with van der Waals surface area (Å²) in [4.78, 5) is 14.7. The van der Waals surface area contributed by atoms with Crippen LogP contribution in [0, 0.1) is 6.92 Å². The Morgan fingerprint density at radius 1 is 1.38 bits per heavy atom. The number of hydrogen-bond acceptors (Lipinski definition) is 4. The minimum atomic E-state index is -1.18. The van der Waals surface area contributed by atoms with Gasteiger partial charge in [-0.05, 0) is 6.92 Å². The largest absolute Gasteiger partial charge is 0.475 e. The first kappa shape index (κ1) is 10.2. The third-order valence-electron chi connectivity index (χ3n) is 2.16. The van der Waals surface area contributed by atoms with E-state index in [-0.39, 0.29) is 17.5 Å². The van der Waals surface area contributed by atoms with Crippen molar-refractivity contribution in [1.82, 2.24) is 4.98 Å². The molecule has 0 spiro atoms. The Balaban J connectivity index is 2.55. The molecule has 1 heterocycles. The Kier molecular flexibility index (Phi) is 2.36. The van der Waals surface area contributed by atoms with Crippen molar-refractivity contribution in [3.05, 3.63) is 35.6 Å². The summed E-state index contributed by atoms with van der Waals surface area (Å²) >= 11 is 0. The van der Waals surface area contributed by atoms with Crippen molar-refractivity contribution in [2.75, 3.05) is 5.73 Å². The number of benzene rings is 1. The molecular weight excluding hydrogens is 208 g/mol. The molecule has 0 atom stereocenters. The molecule has 0 radical (unpaired) electrons. The minimum Gasteiger partial charge on any atom is -0.475 e. The lowest BCUT2D eigenvalue weighted by molar-refractivity contribution is 0.0665. The molecule has 0 unspecified atom stereocenters. The van der Waals surface area contributed by atoms with Crippen LogP contribution >= 0.6 is 0 Å². The molecule has 2 aromatic rings. The van der Waals surface area contributed by atoms with E-state index in [4.69, 9.17) is 15.3 Å². The van der Waals surface area contributed by atoms with Crippen LogP contribution in [0.4, 0.5) is 6.01 Å². The molecule has 0 fully saturated rings. The van der Waals surface area contributed by atoms with Crippen molar-refractivity contribution in [2.45, 2.75) is 6.92 Å². The first-order valence-electron chi connectivity index (χ1n) is 4.64. The number of carboxylic acid groups (broad SMARTS) is 1. The summed E-state index contributed by atoms with van der Waals surface area (Å²) in [5, 5.41) is 8.91. The van der Waals surface area contributed by atoms with Gasteiger partial charge in [-0.15, -0.1) is 0 Å². The van der Waals surface area contributed by atoms with Gasteiger partial charge in [0.15, 0.2) is 0 Å². The number of carbonyl (C=O) groups is 1. The average molecular weight is 218 g/mol. The molecule has 1 aromatic carbocycles. The summed E-state index contributed by atoms with van der Waals surface area (Å²) in [5.41, 5.74) is 7.35. The maximum Gasteiger partial charge on any atom is 0.374 e. The topological polar surface area (TPSA) is 89.4 Å². The van der Waals surface area contributed by atoms with Crippen LogP contribution in [0.5, 0.6) is 0 Å². The molecule has 5 heteroatoms. The maximum absolute atomic E-state index is 10.9. The zero-order valence-corrected chi connectivity index (χ0v) is 8.60. The van der Waals surface area contributed by atoms with Crippen LogP contribution in [0.2, 0.25) is 0 Å². The number of oxazole rings is 1. The lowest BCUT2D eigenvalue weighted by Gasteiger charge is -1.98. The van der Waals surface area contributed by atoms with Gasteiger partial charge in [-0.1, -0.05) is 29.8 Å². The molecule has 0 saturated heterocycles. The van der Waals surface area contributed by atoms with E-state index in [0.717, 1.165) is 5.56 Å². The molecule has 0 saturated carbocycles. The van der Waals surface area contributed by atoms with E-state index in [1.54, 1.807) is 12.1 Å². The van der Waals surface area contributed by atoms with Crippen molar-refractivity contribution in [3.63, 3.8) is 0 Å². The van der Waals surface area contributed by atoms with E-state index in [1.165, 1.54) is 0 Å². The monoisotopic (exact) mass is 218 g/mol. The van der Waals surface area contributed by atoms with Crippen molar-refractivity contribution >= 4 is 12.0 Å². The average Bonchev–Trinajstić information content (AvgIpc) is 2.61. The highest BCUT2D eigenvalue weighted by Crippen LogP contribution is 2.25. The Labute approximate surface area is 91.5 Å². The van der Waals surface area contributed by atoms with E-state index >= 15 is 0 Å². The molecule has 0 aliphatic carbocycles. The zero-order valence-electron chi connectivity index (χ0n) is 8.60. The predicted octanol–water partition coefficient (Wildman–Crippen LogP) is 1.93. The van der Waals surface area contributed by atoms with Crippen molar-refractivity contribution < 1.29 is 14.3 Å². The Morgan fingerprint density at radius 3 is 2.56 bits per heavy atom. The number of nitrogens with zero attached hydrogens (tertiary/aromatic N) is 1. The number of nitrogens with two attached hydrogens (primary N) is 1. The van der Waals surface area contributed by atoms with Crippen molar-refractivity contribution in [3.8, 4) is 11.3 Å². The van der Waals surface area contributed by atoms with Gasteiger partial charge < -0.3 is 15.3 Å². The number of anilines is 1. The van der Waals surface area contributed by atoms with Crippen LogP contribution in [-0.4, -0.2) is 16.1 Å². The number of hydrogen-bond donors (Lipinski definition) is 2. The lowest BCUT2D eigenvalue weighted by atomic mass is 10.1. The van der Waals surface area contributed by atoms with Gasteiger partial charge in [-0.25, -0.2) is 4.79 Å². The van der Waals surface area contributed by atoms with E-state index in [2.05, 4.69) is 4.98 Å². The number of carboxylic acids is 1. The molecule has 82 valence electrons. The standard InChI is InChI=1S/C11H10N2O3/c1-6-2-4-7(5-3-6)8-9(10(14)15)16-11(12)13-8/h2-5H,1H3,(H2,12,13)(H,14,15). The van der Waals surface area contributed by atoms with Crippen LogP contribution in [0.25, 0.3) is 11.3 Å². The van der Waals surface area contributed by atoms with Crippen LogP contribution in [0.3, 0.4) is 0 Å². The third-order valence-corrected chi connectivity index (χ3v) is 2.16. The maximum atomic E-state index is 10.9. The summed E-state index contributed by atoms with van der Waals surface area (Å²) < 4.78 is 4.83. The second-order valence-electron chi connectivity index (χ2n) is 3.40. The smallest absolute Gasteiger partial charge is 0.374 e. The van der Waals surface area contributed by atoms with Gasteiger partial charge in [0.2, 0.25) is 5.76 Å². The first-order chi connectivity index (χ1) is 7.58. The third kappa shape index (κ3) is 1.75. The highest BCUT2D eigenvalue weighted by atomic mass is 16.4. The zero-order chi connectivity index (χ0) is 11.7. The molecule has 16 heavy (non-hydrogen) atoms. The molecule has 2 rings (SSSR count). The van der Waals surface area contributed by atoms with E-state index < -0.39 is 5.97 Å². The predicted molar refractivity (Wildman–Crippen MR) is 58.0 cm³/mol. The molecule has 0 bridgehead atoms. The fraction of sp³-hybridized carbons (Fsp3) is 0.0909. The SMILES string of the molecule is Cc1ccc(-c2nc(N)oc2C(=O)O)cc1. The van der Waals surface area contributed by atoms with Crippen molar-refractivity contribution in [1.29, 1.82) is 0 Å². The summed E-state index contributed by atoms with van der Waals surface area (Å²) in [6, 6.07) is 7.14. The summed E-state index contributed by atoms with van der Waals surface area (Å²) in [6.45, 7) is 1.94. The van der Waals surface area contributed by atoms with Crippen LogP contribution < -0.4 is 5.73 Å². The van der Waals surface area contributed by atoms with E-state index in [1.807, 2.05) is 19.1 Å². The summed E-state index contributed by atoms with van der Waals surface area (Å²) in [6.07, 6.45) is 0. The van der Waals surface area contributed by atoms with Crippen LogP contribution in [0.1, 0.15) is 16.1 Å². The van der Waals surface area contributed by atoms with Crippen molar-refractivity contribution in [2.24, 2.45) is 0 Å². The highest BCUT2D eigenvalue weighted by molar-refractivity contribution is 5.92. The Bertz CT molecular complexity index is 529. The lowest BCUT2D eigenvalue weighted by Crippen LogP contribution is -1.96. The fourth-order valence-corrected chi connectivity index (χ4v) is 1.39. The molecule has 5 nitrogen and oxygen atoms in total. The minimum absolute atomic E-state index is 0.145. The highest BCUT2D eigenvalue weighted by Gasteiger charge is 2.19. The molecular formula is C11H10N2O3. The quantitative estimate of drug-likeness (QED) is 0.803. The van der Waals surface area contributed by atoms with E-state index in [0.29, 0.717) is 5.56 Å². The number of aromatic nitrogens is 1. The normalized spacial score (nSPS) is 10.3. The summed E-state index contributed by atoms with van der Waals surface area (Å²) in [5.74, 6) is -1.42. The Hall–Kier alpha value is -2.30. The molecule has 3 N–H and O–H groups in total. The van der Waals surface area contributed by atoms with Gasteiger partial charge in [0.25, 0.3) is 6.01 Å². The number of aryl methyl sites for hydroxylation is 1.